The molecule has 0 aromatic heterocycles. The molecule has 0 radical (unpaired) electrons. The van der Waals surface area contributed by atoms with Gasteiger partial charge >= 0.3 is 0 Å². The molecule has 0 aromatic rings. The Balaban J connectivity index is 2.80. The lowest BCUT2D eigenvalue weighted by Gasteiger charge is -2.22. The van der Waals surface area contributed by atoms with Gasteiger partial charge in [-0.15, -0.1) is 0 Å². The minimum Gasteiger partial charge on any atom is -0.374 e. The molecule has 0 saturated heterocycles. The topological polar surface area (TPSA) is 35.5 Å². The SMILES string of the molecule is COC1C=CC(C(C)=O)=CC1OC. The highest BCUT2D eigenvalue weighted by Crippen LogP contribution is 2.16. The Labute approximate surface area is 78.0 Å². The maximum absolute atomic E-state index is 11.0. The Kier molecular flexibility index (Phi) is 3.39. The van der Waals surface area contributed by atoms with E-state index in [0.29, 0.717) is 5.57 Å². The number of rotatable bonds is 3. The van der Waals surface area contributed by atoms with Crippen LogP contribution in [-0.2, 0) is 14.3 Å². The van der Waals surface area contributed by atoms with E-state index in [4.69, 9.17) is 9.47 Å². The van der Waals surface area contributed by atoms with Gasteiger partial charge in [0.25, 0.3) is 0 Å². The fraction of sp³-hybridized carbons (Fsp3) is 0.500. The first-order chi connectivity index (χ1) is 6.19. The van der Waals surface area contributed by atoms with Crippen LogP contribution < -0.4 is 0 Å². The summed E-state index contributed by atoms with van der Waals surface area (Å²) >= 11 is 0. The first-order valence-corrected chi connectivity index (χ1v) is 4.15. The summed E-state index contributed by atoms with van der Waals surface area (Å²) in [4.78, 5) is 11.0. The first kappa shape index (κ1) is 10.2. The highest BCUT2D eigenvalue weighted by molar-refractivity contribution is 5.96. The Bertz CT molecular complexity index is 253. The van der Waals surface area contributed by atoms with Gasteiger partial charge in [0.15, 0.2) is 5.78 Å². The second-order valence-corrected chi connectivity index (χ2v) is 2.94. The van der Waals surface area contributed by atoms with Gasteiger partial charge in [0.05, 0.1) is 0 Å². The molecule has 3 nitrogen and oxygen atoms in total. The minimum atomic E-state index is -0.158. The summed E-state index contributed by atoms with van der Waals surface area (Å²) in [5, 5.41) is 0. The third-order valence-electron chi connectivity index (χ3n) is 2.08. The van der Waals surface area contributed by atoms with Crippen molar-refractivity contribution in [3.05, 3.63) is 23.8 Å². The molecule has 0 aliphatic heterocycles. The highest BCUT2D eigenvalue weighted by Gasteiger charge is 2.21. The van der Waals surface area contributed by atoms with Crippen molar-refractivity contribution in [2.45, 2.75) is 19.1 Å². The van der Waals surface area contributed by atoms with Crippen LogP contribution in [0.4, 0.5) is 0 Å². The molecule has 0 amide bonds. The third-order valence-corrected chi connectivity index (χ3v) is 2.08. The number of allylic oxidation sites excluding steroid dienone is 2. The number of carbonyl (C=O) groups excluding carboxylic acids is 1. The van der Waals surface area contributed by atoms with Crippen LogP contribution in [0, 0.1) is 0 Å². The average Bonchev–Trinajstić information content (AvgIpc) is 2.16. The Morgan fingerprint density at radius 3 is 2.38 bits per heavy atom. The minimum absolute atomic E-state index is 0.0489. The second kappa shape index (κ2) is 4.35. The molecule has 1 aliphatic rings. The monoisotopic (exact) mass is 182 g/mol. The van der Waals surface area contributed by atoms with Crippen LogP contribution in [-0.4, -0.2) is 32.2 Å². The number of carbonyl (C=O) groups is 1. The number of hydrogen-bond acceptors (Lipinski definition) is 3. The van der Waals surface area contributed by atoms with E-state index in [0.717, 1.165) is 0 Å². The van der Waals surface area contributed by atoms with E-state index in [1.54, 1.807) is 26.4 Å². The van der Waals surface area contributed by atoms with Crippen LogP contribution in [0.15, 0.2) is 23.8 Å². The van der Waals surface area contributed by atoms with Gasteiger partial charge in [-0.1, -0.05) is 12.2 Å². The molecule has 0 fully saturated rings. The van der Waals surface area contributed by atoms with Crippen LogP contribution in [0.25, 0.3) is 0 Å². The van der Waals surface area contributed by atoms with Crippen molar-refractivity contribution >= 4 is 5.78 Å². The van der Waals surface area contributed by atoms with Crippen molar-refractivity contribution in [3.63, 3.8) is 0 Å². The van der Waals surface area contributed by atoms with Gasteiger partial charge in [0.1, 0.15) is 12.2 Å². The largest absolute Gasteiger partial charge is 0.374 e. The molecule has 0 bridgehead atoms. The smallest absolute Gasteiger partial charge is 0.159 e. The van der Waals surface area contributed by atoms with Crippen molar-refractivity contribution in [2.24, 2.45) is 0 Å². The molecule has 1 rings (SSSR count). The quantitative estimate of drug-likeness (QED) is 0.655. The number of methoxy groups -OCH3 is 2. The summed E-state index contributed by atoms with van der Waals surface area (Å²) in [5.41, 5.74) is 0.681. The second-order valence-electron chi connectivity index (χ2n) is 2.94. The normalized spacial score (nSPS) is 27.2. The molecule has 13 heavy (non-hydrogen) atoms. The van der Waals surface area contributed by atoms with E-state index < -0.39 is 0 Å². The highest BCUT2D eigenvalue weighted by atomic mass is 16.5. The van der Waals surface area contributed by atoms with Crippen LogP contribution in [0.3, 0.4) is 0 Å². The lowest BCUT2D eigenvalue weighted by molar-refractivity contribution is -0.113. The number of ether oxygens (including phenoxy) is 2. The molecule has 2 atom stereocenters. The number of hydrogen-bond donors (Lipinski definition) is 0. The molecular formula is C10H14O3. The zero-order valence-electron chi connectivity index (χ0n) is 8.11. The maximum atomic E-state index is 11.0. The van der Waals surface area contributed by atoms with Crippen molar-refractivity contribution in [1.29, 1.82) is 0 Å². The summed E-state index contributed by atoms with van der Waals surface area (Å²) in [5.74, 6) is 0.0489. The molecule has 72 valence electrons. The predicted octanol–water partition coefficient (Wildman–Crippen LogP) is 1.10. The maximum Gasteiger partial charge on any atom is 0.159 e. The van der Waals surface area contributed by atoms with E-state index >= 15 is 0 Å². The molecule has 2 unspecified atom stereocenters. The summed E-state index contributed by atoms with van der Waals surface area (Å²) in [6.45, 7) is 1.54. The summed E-state index contributed by atoms with van der Waals surface area (Å²) < 4.78 is 10.3. The predicted molar refractivity (Wildman–Crippen MR) is 49.5 cm³/mol. The molecule has 3 heteroatoms. The zero-order valence-corrected chi connectivity index (χ0v) is 8.11. The first-order valence-electron chi connectivity index (χ1n) is 4.15. The molecular weight excluding hydrogens is 168 g/mol. The Hall–Kier alpha value is -0.930. The van der Waals surface area contributed by atoms with Gasteiger partial charge in [-0.05, 0) is 13.0 Å². The van der Waals surface area contributed by atoms with E-state index in [-0.39, 0.29) is 18.0 Å². The fourth-order valence-corrected chi connectivity index (χ4v) is 1.28. The average molecular weight is 182 g/mol. The summed E-state index contributed by atoms with van der Waals surface area (Å²) in [6, 6.07) is 0. The van der Waals surface area contributed by atoms with Crippen LogP contribution >= 0.6 is 0 Å². The Morgan fingerprint density at radius 2 is 1.92 bits per heavy atom. The van der Waals surface area contributed by atoms with E-state index in [1.807, 2.05) is 6.08 Å². The summed E-state index contributed by atoms with van der Waals surface area (Å²) in [7, 11) is 3.22. The van der Waals surface area contributed by atoms with Crippen LogP contribution in [0.5, 0.6) is 0 Å². The van der Waals surface area contributed by atoms with Crippen molar-refractivity contribution < 1.29 is 14.3 Å². The standard InChI is InChI=1S/C10H14O3/c1-7(11)8-4-5-9(12-2)10(6-8)13-3/h4-6,9-10H,1-3H3. The zero-order chi connectivity index (χ0) is 9.84. The van der Waals surface area contributed by atoms with Gasteiger partial charge in [0.2, 0.25) is 0 Å². The Morgan fingerprint density at radius 1 is 1.31 bits per heavy atom. The van der Waals surface area contributed by atoms with Gasteiger partial charge in [0, 0.05) is 19.8 Å². The van der Waals surface area contributed by atoms with Gasteiger partial charge < -0.3 is 9.47 Å². The molecule has 0 spiro atoms. The van der Waals surface area contributed by atoms with Crippen molar-refractivity contribution in [3.8, 4) is 0 Å². The lowest BCUT2D eigenvalue weighted by atomic mass is 10.00. The van der Waals surface area contributed by atoms with Gasteiger partial charge in [-0.3, -0.25) is 4.79 Å². The van der Waals surface area contributed by atoms with Crippen LogP contribution in [0.2, 0.25) is 0 Å². The van der Waals surface area contributed by atoms with E-state index in [1.165, 1.54) is 6.92 Å². The molecule has 0 saturated carbocycles. The van der Waals surface area contributed by atoms with Crippen molar-refractivity contribution in [1.82, 2.24) is 0 Å². The molecule has 0 aromatic carbocycles. The van der Waals surface area contributed by atoms with Gasteiger partial charge in [-0.25, -0.2) is 0 Å². The van der Waals surface area contributed by atoms with E-state index in [2.05, 4.69) is 0 Å². The van der Waals surface area contributed by atoms with Crippen molar-refractivity contribution in [2.75, 3.05) is 14.2 Å². The van der Waals surface area contributed by atoms with Gasteiger partial charge in [-0.2, -0.15) is 0 Å². The lowest BCUT2D eigenvalue weighted by Crippen LogP contribution is -2.29. The molecule has 1 aliphatic carbocycles. The molecule has 0 heterocycles. The van der Waals surface area contributed by atoms with E-state index in [9.17, 15) is 4.79 Å². The van der Waals surface area contributed by atoms with Crippen LogP contribution in [0.1, 0.15) is 6.92 Å². The fourth-order valence-electron chi connectivity index (χ4n) is 1.28. The molecule has 0 N–H and O–H groups in total. The summed E-state index contributed by atoms with van der Waals surface area (Å²) in [6.07, 6.45) is 5.15. The number of ketones is 1. The third kappa shape index (κ3) is 2.26. The number of Topliss-reactive ketones (excluding diaryl/α,β-unsaturated/α-hetero) is 1.